The van der Waals surface area contributed by atoms with Gasteiger partial charge in [-0.05, 0) is 31.5 Å². The molecule has 0 bridgehead atoms. The van der Waals surface area contributed by atoms with Gasteiger partial charge >= 0.3 is 0 Å². The van der Waals surface area contributed by atoms with Crippen molar-refractivity contribution >= 4 is 11.5 Å². The molecule has 0 aromatic carbocycles. The van der Waals surface area contributed by atoms with Gasteiger partial charge in [-0.1, -0.05) is 5.21 Å². The Morgan fingerprint density at radius 3 is 2.90 bits per heavy atom. The Hall–Kier alpha value is -3.40. The molecule has 148 valence electrons. The minimum atomic E-state index is -0.738. The quantitative estimate of drug-likeness (QED) is 0.491. The summed E-state index contributed by atoms with van der Waals surface area (Å²) in [5, 5.41) is 16.6. The molecule has 0 spiro atoms. The van der Waals surface area contributed by atoms with Crippen LogP contribution < -0.4 is 10.6 Å². The van der Waals surface area contributed by atoms with Gasteiger partial charge in [0.25, 0.3) is 0 Å². The van der Waals surface area contributed by atoms with Gasteiger partial charge in [0.2, 0.25) is 0 Å². The van der Waals surface area contributed by atoms with Crippen LogP contribution in [0.5, 0.6) is 0 Å². The van der Waals surface area contributed by atoms with Crippen molar-refractivity contribution in [3.8, 4) is 22.6 Å². The summed E-state index contributed by atoms with van der Waals surface area (Å²) in [6.07, 6.45) is 6.79. The van der Waals surface area contributed by atoms with Gasteiger partial charge in [-0.3, -0.25) is 9.50 Å². The van der Waals surface area contributed by atoms with Crippen LogP contribution in [0.3, 0.4) is 0 Å². The van der Waals surface area contributed by atoms with Gasteiger partial charge in [0.15, 0.2) is 17.5 Å². The number of fused-ring (bicyclic) bond motifs is 1. The van der Waals surface area contributed by atoms with E-state index in [4.69, 9.17) is 0 Å². The summed E-state index contributed by atoms with van der Waals surface area (Å²) in [5.41, 5.74) is 2.68. The Morgan fingerprint density at radius 2 is 2.10 bits per heavy atom. The number of hydrogen-bond acceptors (Lipinski definition) is 6. The fourth-order valence-electron chi connectivity index (χ4n) is 3.58. The molecule has 1 saturated heterocycles. The van der Waals surface area contributed by atoms with Crippen LogP contribution in [0.15, 0.2) is 36.8 Å². The normalized spacial score (nSPS) is 17.0. The van der Waals surface area contributed by atoms with E-state index in [1.165, 1.54) is 6.20 Å². The third kappa shape index (κ3) is 3.31. The molecule has 1 fully saturated rings. The van der Waals surface area contributed by atoms with E-state index in [1.54, 1.807) is 16.8 Å². The van der Waals surface area contributed by atoms with E-state index >= 15 is 0 Å². The minimum Gasteiger partial charge on any atom is -0.364 e. The van der Waals surface area contributed by atoms with Crippen molar-refractivity contribution in [3.63, 3.8) is 0 Å². The Balaban J connectivity index is 1.52. The lowest BCUT2D eigenvalue weighted by atomic mass is 10.1. The van der Waals surface area contributed by atoms with Crippen LogP contribution >= 0.6 is 0 Å². The summed E-state index contributed by atoms with van der Waals surface area (Å²) in [4.78, 5) is 8.61. The highest BCUT2D eigenvalue weighted by Gasteiger charge is 2.20. The van der Waals surface area contributed by atoms with Crippen molar-refractivity contribution in [2.24, 2.45) is 0 Å². The van der Waals surface area contributed by atoms with Crippen molar-refractivity contribution in [2.75, 3.05) is 18.4 Å². The number of nitrogens with one attached hydrogen (secondary N) is 3. The molecule has 0 amide bonds. The highest BCUT2D eigenvalue weighted by molar-refractivity contribution is 5.68. The summed E-state index contributed by atoms with van der Waals surface area (Å²) in [7, 11) is 0. The van der Waals surface area contributed by atoms with E-state index in [-0.39, 0.29) is 17.6 Å². The minimum absolute atomic E-state index is 0.0427. The number of hydrogen-bond donors (Lipinski definition) is 3. The average molecular weight is 396 g/mol. The van der Waals surface area contributed by atoms with Crippen LogP contribution in [0.1, 0.15) is 12.8 Å². The molecule has 1 aliphatic rings. The van der Waals surface area contributed by atoms with Crippen LogP contribution in [0.2, 0.25) is 0 Å². The predicted molar refractivity (Wildman–Crippen MR) is 103 cm³/mol. The summed E-state index contributed by atoms with van der Waals surface area (Å²) in [6.45, 7) is 1.66. The average Bonchev–Trinajstić information content (AvgIpc) is 3.40. The SMILES string of the molecule is Fc1cc(F)c(-c2cnc3cc(-c4cnn[nH]4)ccn23)nc1N[C@@H]1CCCNC1. The zero-order valence-electron chi connectivity index (χ0n) is 15.4. The zero-order valence-corrected chi connectivity index (χ0v) is 15.4. The molecule has 0 radical (unpaired) electrons. The Morgan fingerprint density at radius 1 is 1.17 bits per heavy atom. The molecule has 0 saturated carbocycles. The number of piperidine rings is 1. The summed E-state index contributed by atoms with van der Waals surface area (Å²) in [6, 6.07) is 4.58. The molecular weight excluding hydrogens is 378 g/mol. The van der Waals surface area contributed by atoms with Gasteiger partial charge in [0.1, 0.15) is 11.3 Å². The standard InChI is InChI=1S/C19H18F2N8/c20-13-7-14(21)19(25-12-2-1-4-22-8-12)26-18(13)16-10-23-17-6-11(3-5-29(16)17)15-9-24-28-27-15/h3,5-7,9-10,12,22H,1-2,4,8H2,(H,25,26)(H,24,27,28)/t12-/m1/s1. The lowest BCUT2D eigenvalue weighted by molar-refractivity contribution is 0.475. The number of aromatic nitrogens is 6. The molecule has 0 aliphatic carbocycles. The zero-order chi connectivity index (χ0) is 19.8. The first kappa shape index (κ1) is 17.7. The van der Waals surface area contributed by atoms with Crippen LogP contribution in [0, 0.1) is 11.6 Å². The molecule has 29 heavy (non-hydrogen) atoms. The molecule has 4 aromatic heterocycles. The highest BCUT2D eigenvalue weighted by atomic mass is 19.1. The van der Waals surface area contributed by atoms with Crippen molar-refractivity contribution in [2.45, 2.75) is 18.9 Å². The Bertz CT molecular complexity index is 1150. The fraction of sp³-hybridized carbons (Fsp3) is 0.263. The van der Waals surface area contributed by atoms with Crippen molar-refractivity contribution in [3.05, 3.63) is 48.4 Å². The molecule has 5 rings (SSSR count). The first-order chi connectivity index (χ1) is 14.2. The van der Waals surface area contributed by atoms with E-state index in [9.17, 15) is 8.78 Å². The predicted octanol–water partition coefficient (Wildman–Crippen LogP) is 2.62. The van der Waals surface area contributed by atoms with Gasteiger partial charge < -0.3 is 10.6 Å². The maximum Gasteiger partial charge on any atom is 0.168 e. The number of nitrogens with zero attached hydrogens (tertiary/aromatic N) is 5. The third-order valence-electron chi connectivity index (χ3n) is 5.05. The van der Waals surface area contributed by atoms with E-state index in [1.807, 2.05) is 12.1 Å². The van der Waals surface area contributed by atoms with E-state index in [0.717, 1.165) is 36.7 Å². The second-order valence-electron chi connectivity index (χ2n) is 6.99. The van der Waals surface area contributed by atoms with Gasteiger partial charge in [0.05, 0.1) is 23.8 Å². The molecule has 4 aromatic rings. The number of aromatic amines is 1. The van der Waals surface area contributed by atoms with Gasteiger partial charge in [-0.15, -0.1) is 5.10 Å². The van der Waals surface area contributed by atoms with Crippen LogP contribution in [-0.4, -0.2) is 48.9 Å². The Kier molecular flexibility index (Phi) is 4.39. The molecule has 5 heterocycles. The number of halogens is 2. The molecule has 1 aliphatic heterocycles. The molecule has 8 nitrogen and oxygen atoms in total. The summed E-state index contributed by atoms with van der Waals surface area (Å²) < 4.78 is 30.6. The topological polar surface area (TPSA) is 95.8 Å². The van der Waals surface area contributed by atoms with Gasteiger partial charge in [-0.25, -0.2) is 18.7 Å². The molecule has 1 atom stereocenters. The highest BCUT2D eigenvalue weighted by Crippen LogP contribution is 2.27. The summed E-state index contributed by atoms with van der Waals surface area (Å²) >= 11 is 0. The molecule has 3 N–H and O–H groups in total. The van der Waals surface area contributed by atoms with Gasteiger partial charge in [0, 0.05) is 30.4 Å². The van der Waals surface area contributed by atoms with Crippen molar-refractivity contribution in [1.82, 2.24) is 35.1 Å². The first-order valence-corrected chi connectivity index (χ1v) is 9.36. The third-order valence-corrected chi connectivity index (χ3v) is 5.05. The number of imidazole rings is 1. The number of rotatable bonds is 4. The van der Waals surface area contributed by atoms with Crippen LogP contribution in [0.4, 0.5) is 14.6 Å². The summed E-state index contributed by atoms with van der Waals surface area (Å²) in [5.74, 6) is -1.40. The number of pyridine rings is 2. The molecule has 10 heteroatoms. The van der Waals surface area contributed by atoms with Crippen LogP contribution in [0.25, 0.3) is 28.3 Å². The van der Waals surface area contributed by atoms with Crippen molar-refractivity contribution in [1.29, 1.82) is 0 Å². The fourth-order valence-corrected chi connectivity index (χ4v) is 3.58. The molecule has 0 unspecified atom stereocenters. The largest absolute Gasteiger partial charge is 0.364 e. The first-order valence-electron chi connectivity index (χ1n) is 9.36. The molecular formula is C19H18F2N8. The second kappa shape index (κ2) is 7.21. The van der Waals surface area contributed by atoms with Crippen LogP contribution in [-0.2, 0) is 0 Å². The smallest absolute Gasteiger partial charge is 0.168 e. The number of anilines is 1. The maximum atomic E-state index is 14.6. The lowest BCUT2D eigenvalue weighted by Gasteiger charge is -2.24. The van der Waals surface area contributed by atoms with Crippen molar-refractivity contribution < 1.29 is 8.78 Å². The monoisotopic (exact) mass is 396 g/mol. The van der Waals surface area contributed by atoms with E-state index in [0.29, 0.717) is 17.9 Å². The Labute approximate surface area is 164 Å². The maximum absolute atomic E-state index is 14.6. The second-order valence-corrected chi connectivity index (χ2v) is 6.99. The number of H-pyrrole nitrogens is 1. The van der Waals surface area contributed by atoms with E-state index < -0.39 is 11.6 Å². The van der Waals surface area contributed by atoms with E-state index in [2.05, 4.69) is 36.0 Å². The lowest BCUT2D eigenvalue weighted by Crippen LogP contribution is -2.38. The van der Waals surface area contributed by atoms with Gasteiger partial charge in [-0.2, -0.15) is 0 Å².